The van der Waals surface area contributed by atoms with E-state index in [1.807, 2.05) is 6.07 Å². The van der Waals surface area contributed by atoms with E-state index in [4.69, 9.17) is 4.74 Å². The molecule has 1 saturated heterocycles. The lowest BCUT2D eigenvalue weighted by atomic mass is 10.1. The number of hydrogen-bond acceptors (Lipinski definition) is 4. The van der Waals surface area contributed by atoms with Crippen molar-refractivity contribution in [1.29, 1.82) is 0 Å². The molecule has 0 atom stereocenters. The normalized spacial score (nSPS) is 16.2. The van der Waals surface area contributed by atoms with Crippen molar-refractivity contribution in [2.24, 2.45) is 0 Å². The molecule has 0 saturated carbocycles. The minimum atomic E-state index is -0.959. The number of pyridine rings is 1. The van der Waals surface area contributed by atoms with Crippen molar-refractivity contribution in [2.75, 3.05) is 13.1 Å². The number of carboxylic acids is 1. The van der Waals surface area contributed by atoms with Crippen LogP contribution in [-0.2, 0) is 0 Å². The van der Waals surface area contributed by atoms with Gasteiger partial charge in [0.15, 0.2) is 0 Å². The van der Waals surface area contributed by atoms with Crippen LogP contribution in [0.2, 0.25) is 0 Å². The van der Waals surface area contributed by atoms with Crippen molar-refractivity contribution < 1.29 is 14.6 Å². The number of hydrogen-bond donors (Lipinski definition) is 2. The summed E-state index contributed by atoms with van der Waals surface area (Å²) in [6.07, 6.45) is 3.57. The summed E-state index contributed by atoms with van der Waals surface area (Å²) < 4.78 is 5.94. The third kappa shape index (κ3) is 2.44. The van der Waals surface area contributed by atoms with Gasteiger partial charge in [0.25, 0.3) is 0 Å². The second-order valence-electron chi connectivity index (χ2n) is 4.89. The van der Waals surface area contributed by atoms with E-state index in [-0.39, 0.29) is 11.7 Å². The molecule has 2 aromatic rings. The molecule has 0 unspecified atom stereocenters. The van der Waals surface area contributed by atoms with Crippen molar-refractivity contribution in [1.82, 2.24) is 10.3 Å². The van der Waals surface area contributed by atoms with E-state index in [0.29, 0.717) is 11.3 Å². The van der Waals surface area contributed by atoms with Crippen LogP contribution in [0, 0.1) is 0 Å². The second-order valence-corrected chi connectivity index (χ2v) is 4.89. The summed E-state index contributed by atoms with van der Waals surface area (Å²) in [5, 5.41) is 14.0. The molecule has 0 spiro atoms. The Hall–Kier alpha value is -2.14. The highest BCUT2D eigenvalue weighted by Gasteiger charge is 2.19. The van der Waals surface area contributed by atoms with Gasteiger partial charge in [-0.25, -0.2) is 9.78 Å². The Kier molecular flexibility index (Phi) is 3.52. The van der Waals surface area contributed by atoms with Crippen LogP contribution < -0.4 is 10.1 Å². The van der Waals surface area contributed by atoms with Crippen LogP contribution in [0.4, 0.5) is 0 Å². The van der Waals surface area contributed by atoms with Gasteiger partial charge in [-0.3, -0.25) is 0 Å². The van der Waals surface area contributed by atoms with E-state index in [2.05, 4.69) is 10.3 Å². The van der Waals surface area contributed by atoms with Crippen molar-refractivity contribution in [3.63, 3.8) is 0 Å². The van der Waals surface area contributed by atoms with Crippen molar-refractivity contribution in [2.45, 2.75) is 18.9 Å². The van der Waals surface area contributed by atoms with E-state index in [0.717, 1.165) is 31.3 Å². The number of aromatic carboxylic acids is 1. The summed E-state index contributed by atoms with van der Waals surface area (Å²) in [5.41, 5.74) is 0.236. The summed E-state index contributed by atoms with van der Waals surface area (Å²) in [4.78, 5) is 15.6. The Morgan fingerprint density at radius 1 is 1.30 bits per heavy atom. The zero-order valence-corrected chi connectivity index (χ0v) is 11.0. The van der Waals surface area contributed by atoms with Gasteiger partial charge in [-0.2, -0.15) is 0 Å². The predicted molar refractivity (Wildman–Crippen MR) is 75.2 cm³/mol. The average Bonchev–Trinajstić information content (AvgIpc) is 2.48. The minimum Gasteiger partial charge on any atom is -0.478 e. The lowest BCUT2D eigenvalue weighted by molar-refractivity contribution is 0.0698. The Bertz CT molecular complexity index is 631. The van der Waals surface area contributed by atoms with Gasteiger partial charge in [0.2, 0.25) is 5.88 Å². The maximum absolute atomic E-state index is 11.4. The zero-order valence-electron chi connectivity index (χ0n) is 11.0. The van der Waals surface area contributed by atoms with Gasteiger partial charge >= 0.3 is 5.97 Å². The number of carbonyl (C=O) groups is 1. The number of benzene rings is 1. The third-order valence-corrected chi connectivity index (χ3v) is 3.55. The molecule has 5 nitrogen and oxygen atoms in total. The summed E-state index contributed by atoms with van der Waals surface area (Å²) in [6, 6.07) is 7.00. The summed E-state index contributed by atoms with van der Waals surface area (Å²) >= 11 is 0. The highest BCUT2D eigenvalue weighted by atomic mass is 16.5. The van der Waals surface area contributed by atoms with Gasteiger partial charge in [0.1, 0.15) is 6.10 Å². The highest BCUT2D eigenvalue weighted by Crippen LogP contribution is 2.28. The number of nitrogens with zero attached hydrogens (tertiary/aromatic N) is 1. The molecule has 0 amide bonds. The molecule has 0 radical (unpaired) electrons. The fourth-order valence-corrected chi connectivity index (χ4v) is 2.54. The molecule has 0 aliphatic carbocycles. The first-order valence-electron chi connectivity index (χ1n) is 6.74. The second kappa shape index (κ2) is 5.46. The quantitative estimate of drug-likeness (QED) is 0.895. The molecule has 1 aliphatic rings. The molecule has 1 aliphatic heterocycles. The lowest BCUT2D eigenvalue weighted by Crippen LogP contribution is -2.34. The fourth-order valence-electron chi connectivity index (χ4n) is 2.54. The van der Waals surface area contributed by atoms with Gasteiger partial charge in [-0.05, 0) is 43.5 Å². The van der Waals surface area contributed by atoms with Crippen molar-refractivity contribution in [3.05, 3.63) is 36.0 Å². The largest absolute Gasteiger partial charge is 0.478 e. The van der Waals surface area contributed by atoms with Crippen LogP contribution >= 0.6 is 0 Å². The van der Waals surface area contributed by atoms with E-state index in [9.17, 15) is 9.90 Å². The zero-order chi connectivity index (χ0) is 13.9. The number of fused-ring (bicyclic) bond motifs is 1. The Labute approximate surface area is 116 Å². The van der Waals surface area contributed by atoms with Crippen molar-refractivity contribution >= 4 is 16.7 Å². The number of ether oxygens (including phenoxy) is 1. The molecule has 5 heteroatoms. The predicted octanol–water partition coefficient (Wildman–Crippen LogP) is 2.06. The monoisotopic (exact) mass is 272 g/mol. The van der Waals surface area contributed by atoms with Crippen molar-refractivity contribution in [3.8, 4) is 5.88 Å². The minimum absolute atomic E-state index is 0.0937. The molecule has 1 fully saturated rings. The average molecular weight is 272 g/mol. The van der Waals surface area contributed by atoms with Gasteiger partial charge in [-0.15, -0.1) is 0 Å². The molecule has 2 N–H and O–H groups in total. The Balaban J connectivity index is 2.03. The van der Waals surface area contributed by atoms with Gasteiger partial charge in [0, 0.05) is 6.20 Å². The molecular weight excluding hydrogens is 256 g/mol. The standard InChI is InChI=1S/C15H16N2O3/c18-15(19)12-3-1-2-10-4-9-17-14(13(10)12)20-11-5-7-16-8-6-11/h1-4,9,11,16H,5-8H2,(H,18,19). The number of carboxylic acid groups (broad SMARTS) is 1. The molecule has 3 rings (SSSR count). The van der Waals surface area contributed by atoms with Gasteiger partial charge in [-0.1, -0.05) is 12.1 Å². The number of rotatable bonds is 3. The Morgan fingerprint density at radius 2 is 2.10 bits per heavy atom. The Morgan fingerprint density at radius 3 is 2.85 bits per heavy atom. The number of piperidine rings is 1. The first-order chi connectivity index (χ1) is 9.75. The molecule has 20 heavy (non-hydrogen) atoms. The molecule has 1 aromatic heterocycles. The van der Waals surface area contributed by atoms with E-state index in [1.54, 1.807) is 24.4 Å². The van der Waals surface area contributed by atoms with E-state index < -0.39 is 5.97 Å². The number of aromatic nitrogens is 1. The lowest BCUT2D eigenvalue weighted by Gasteiger charge is -2.24. The highest BCUT2D eigenvalue weighted by molar-refractivity contribution is 6.05. The number of nitrogens with one attached hydrogen (secondary N) is 1. The summed E-state index contributed by atoms with van der Waals surface area (Å²) in [5.74, 6) is -0.536. The molecule has 1 aromatic carbocycles. The molecule has 2 heterocycles. The van der Waals surface area contributed by atoms with Crippen LogP contribution in [0.1, 0.15) is 23.2 Å². The maximum Gasteiger partial charge on any atom is 0.336 e. The molecular formula is C15H16N2O3. The van der Waals surface area contributed by atoms with Crippen LogP contribution in [-0.4, -0.2) is 35.3 Å². The van der Waals surface area contributed by atoms with Gasteiger partial charge < -0.3 is 15.2 Å². The van der Waals surface area contributed by atoms with Crippen LogP contribution in [0.5, 0.6) is 5.88 Å². The SMILES string of the molecule is O=C(O)c1cccc2ccnc(OC3CCNCC3)c12. The fraction of sp³-hybridized carbons (Fsp3) is 0.333. The van der Waals surface area contributed by atoms with Crippen LogP contribution in [0.15, 0.2) is 30.5 Å². The van der Waals surface area contributed by atoms with Gasteiger partial charge in [0.05, 0.1) is 10.9 Å². The van der Waals surface area contributed by atoms with E-state index in [1.165, 1.54) is 0 Å². The van der Waals surface area contributed by atoms with Crippen LogP contribution in [0.25, 0.3) is 10.8 Å². The summed E-state index contributed by atoms with van der Waals surface area (Å²) in [7, 11) is 0. The first-order valence-corrected chi connectivity index (χ1v) is 6.74. The smallest absolute Gasteiger partial charge is 0.336 e. The first kappa shape index (κ1) is 12.9. The maximum atomic E-state index is 11.4. The molecule has 104 valence electrons. The molecule has 0 bridgehead atoms. The third-order valence-electron chi connectivity index (χ3n) is 3.55. The van der Waals surface area contributed by atoms with E-state index >= 15 is 0 Å². The summed E-state index contributed by atoms with van der Waals surface area (Å²) in [6.45, 7) is 1.84. The van der Waals surface area contributed by atoms with Crippen LogP contribution in [0.3, 0.4) is 0 Å². The topological polar surface area (TPSA) is 71.5 Å².